The maximum atomic E-state index is 13.3. The van der Waals surface area contributed by atoms with E-state index in [1.54, 1.807) is 30.1 Å². The molecule has 6 atom stereocenters. The van der Waals surface area contributed by atoms with Crippen LogP contribution in [0.4, 0.5) is 5.69 Å². The Morgan fingerprint density at radius 3 is 2.77 bits per heavy atom. The predicted molar refractivity (Wildman–Crippen MR) is 167 cm³/mol. The van der Waals surface area contributed by atoms with Gasteiger partial charge >= 0.3 is 5.97 Å². The van der Waals surface area contributed by atoms with Gasteiger partial charge < -0.3 is 29.5 Å². The number of anilines is 1. The highest BCUT2D eigenvalue weighted by molar-refractivity contribution is 6.30. The zero-order valence-electron chi connectivity index (χ0n) is 25.5. The van der Waals surface area contributed by atoms with Crippen LogP contribution in [0.15, 0.2) is 36.4 Å². The summed E-state index contributed by atoms with van der Waals surface area (Å²) in [4.78, 5) is 29.9. The SMILES string of the molecule is CN1CC[C@@H]2CCO[C@@H](C2)[C@@H]2CC[C@H]2CN2C[C@@]3(CCCc4cc(Cl)ccc43)COc3ccc(cc32)[C@](O)(C(=O)O)CC1=O. The second kappa shape index (κ2) is 11.5. The summed E-state index contributed by atoms with van der Waals surface area (Å²) in [5, 5.41) is 22.7. The zero-order valence-corrected chi connectivity index (χ0v) is 26.2. The van der Waals surface area contributed by atoms with Gasteiger partial charge in [-0.3, -0.25) is 4.79 Å². The molecule has 5 aliphatic rings. The number of carboxylic acids is 1. The van der Waals surface area contributed by atoms with Gasteiger partial charge in [0.05, 0.1) is 24.8 Å². The summed E-state index contributed by atoms with van der Waals surface area (Å²) < 4.78 is 13.0. The Labute approximate surface area is 264 Å². The van der Waals surface area contributed by atoms with Crippen LogP contribution in [0.3, 0.4) is 0 Å². The molecule has 0 unspecified atom stereocenters. The van der Waals surface area contributed by atoms with Gasteiger partial charge in [-0.1, -0.05) is 23.7 Å². The molecule has 0 aromatic heterocycles. The number of aliphatic carboxylic acids is 1. The number of hydrogen-bond acceptors (Lipinski definition) is 6. The average Bonchev–Trinajstić information content (AvgIpc) is 3.14. The summed E-state index contributed by atoms with van der Waals surface area (Å²) in [5.41, 5.74) is 0.895. The van der Waals surface area contributed by atoms with Crippen molar-refractivity contribution < 1.29 is 29.3 Å². The summed E-state index contributed by atoms with van der Waals surface area (Å²) >= 11 is 6.43. The molecule has 2 aliphatic carbocycles. The molecule has 7 rings (SSSR count). The first-order valence-electron chi connectivity index (χ1n) is 16.3. The number of aryl methyl sites for hydroxylation is 1. The highest BCUT2D eigenvalue weighted by Crippen LogP contribution is 2.48. The molecular weight excluding hydrogens is 580 g/mol. The third-order valence-corrected chi connectivity index (χ3v) is 11.6. The van der Waals surface area contributed by atoms with E-state index in [-0.39, 0.29) is 23.0 Å². The van der Waals surface area contributed by atoms with Crippen molar-refractivity contribution in [2.24, 2.45) is 17.8 Å². The molecule has 8 nitrogen and oxygen atoms in total. The van der Waals surface area contributed by atoms with Crippen molar-refractivity contribution in [3.63, 3.8) is 0 Å². The van der Waals surface area contributed by atoms with Gasteiger partial charge in [0, 0.05) is 43.7 Å². The number of carbonyl (C=O) groups excluding carboxylic acids is 1. The topological polar surface area (TPSA) is 99.5 Å². The third-order valence-electron chi connectivity index (χ3n) is 11.4. The third kappa shape index (κ3) is 5.27. The minimum Gasteiger partial charge on any atom is -0.490 e. The van der Waals surface area contributed by atoms with Crippen molar-refractivity contribution in [2.75, 3.05) is 44.8 Å². The van der Waals surface area contributed by atoms with E-state index in [9.17, 15) is 19.8 Å². The Kier molecular flexibility index (Phi) is 7.82. The van der Waals surface area contributed by atoms with Crippen LogP contribution in [-0.2, 0) is 31.8 Å². The van der Waals surface area contributed by atoms with Crippen LogP contribution in [0.2, 0.25) is 5.02 Å². The minimum atomic E-state index is -2.36. The van der Waals surface area contributed by atoms with E-state index in [2.05, 4.69) is 17.0 Å². The number of benzene rings is 2. The second-order valence-corrected chi connectivity index (χ2v) is 14.5. The second-order valence-electron chi connectivity index (χ2n) is 14.0. The molecule has 1 saturated heterocycles. The van der Waals surface area contributed by atoms with Gasteiger partial charge in [-0.25, -0.2) is 4.79 Å². The molecule has 4 bridgehead atoms. The number of hydrogen-bond donors (Lipinski definition) is 2. The van der Waals surface area contributed by atoms with E-state index >= 15 is 0 Å². The molecule has 44 heavy (non-hydrogen) atoms. The van der Waals surface area contributed by atoms with E-state index in [4.69, 9.17) is 21.1 Å². The molecule has 1 spiro atoms. The number of rotatable bonds is 1. The van der Waals surface area contributed by atoms with Crippen molar-refractivity contribution in [1.29, 1.82) is 0 Å². The first-order chi connectivity index (χ1) is 21.1. The smallest absolute Gasteiger partial charge is 0.340 e. The number of halogens is 1. The Bertz CT molecular complexity index is 1450. The number of carbonyl (C=O) groups is 2. The minimum absolute atomic E-state index is 0.198. The monoisotopic (exact) mass is 622 g/mol. The zero-order chi connectivity index (χ0) is 30.6. The van der Waals surface area contributed by atoms with E-state index < -0.39 is 18.0 Å². The van der Waals surface area contributed by atoms with Crippen LogP contribution in [0, 0.1) is 17.8 Å². The van der Waals surface area contributed by atoms with Crippen LogP contribution in [0.1, 0.15) is 68.1 Å². The lowest BCUT2D eigenvalue weighted by Crippen LogP contribution is -2.50. The highest BCUT2D eigenvalue weighted by Gasteiger charge is 2.47. The predicted octanol–water partition coefficient (Wildman–Crippen LogP) is 5.16. The van der Waals surface area contributed by atoms with Crippen molar-refractivity contribution in [3.8, 4) is 5.75 Å². The molecule has 2 aromatic rings. The number of aliphatic hydroxyl groups is 1. The van der Waals surface area contributed by atoms with E-state index in [0.29, 0.717) is 43.2 Å². The van der Waals surface area contributed by atoms with Crippen LogP contribution >= 0.6 is 11.6 Å². The fourth-order valence-corrected chi connectivity index (χ4v) is 8.78. The van der Waals surface area contributed by atoms with Gasteiger partial charge in [-0.15, -0.1) is 0 Å². The molecule has 2 fully saturated rings. The Morgan fingerprint density at radius 1 is 1.11 bits per heavy atom. The van der Waals surface area contributed by atoms with Crippen molar-refractivity contribution in [1.82, 2.24) is 4.90 Å². The van der Waals surface area contributed by atoms with E-state index in [0.717, 1.165) is 75.2 Å². The fraction of sp³-hybridized carbons (Fsp3) is 0.600. The Hall–Kier alpha value is -2.81. The molecule has 2 N–H and O–H groups in total. The summed E-state index contributed by atoms with van der Waals surface area (Å²) in [6, 6.07) is 11.4. The van der Waals surface area contributed by atoms with Gasteiger partial charge in [0.2, 0.25) is 5.91 Å². The van der Waals surface area contributed by atoms with Gasteiger partial charge in [0.25, 0.3) is 0 Å². The normalized spacial score (nSPS) is 33.8. The molecule has 3 aliphatic heterocycles. The van der Waals surface area contributed by atoms with Crippen LogP contribution in [0.5, 0.6) is 5.75 Å². The highest BCUT2D eigenvalue weighted by atomic mass is 35.5. The van der Waals surface area contributed by atoms with Crippen molar-refractivity contribution in [3.05, 3.63) is 58.1 Å². The molecule has 3 heterocycles. The van der Waals surface area contributed by atoms with Crippen molar-refractivity contribution >= 4 is 29.2 Å². The average molecular weight is 623 g/mol. The van der Waals surface area contributed by atoms with Gasteiger partial charge in [0.15, 0.2) is 5.60 Å². The van der Waals surface area contributed by atoms with Crippen LogP contribution in [-0.4, -0.2) is 73.0 Å². The molecular formula is C35H43ClN2O6. The van der Waals surface area contributed by atoms with E-state index in [1.807, 2.05) is 6.07 Å². The number of ether oxygens (including phenoxy) is 2. The lowest BCUT2D eigenvalue weighted by Gasteiger charge is -2.48. The number of nitrogens with zero attached hydrogens (tertiary/aromatic N) is 2. The summed E-state index contributed by atoms with van der Waals surface area (Å²) in [7, 11) is 1.70. The summed E-state index contributed by atoms with van der Waals surface area (Å²) in [6.07, 6.45) is 7.75. The number of amides is 1. The molecule has 2 aromatic carbocycles. The Balaban J connectivity index is 1.32. The molecule has 1 saturated carbocycles. The first-order valence-corrected chi connectivity index (χ1v) is 16.7. The van der Waals surface area contributed by atoms with Gasteiger partial charge in [-0.05, 0) is 110 Å². The quantitative estimate of drug-likeness (QED) is 0.453. The maximum absolute atomic E-state index is 13.3. The molecule has 1 amide bonds. The van der Waals surface area contributed by atoms with Crippen LogP contribution < -0.4 is 9.64 Å². The van der Waals surface area contributed by atoms with Gasteiger partial charge in [-0.2, -0.15) is 0 Å². The van der Waals surface area contributed by atoms with E-state index in [1.165, 1.54) is 11.1 Å². The lowest BCUT2D eigenvalue weighted by atomic mass is 9.67. The first kappa shape index (κ1) is 29.9. The van der Waals surface area contributed by atoms with Crippen LogP contribution in [0.25, 0.3) is 0 Å². The standard InChI is InChI=1S/C35H43ClN2O6/c1-37-13-10-22-11-14-43-31(15-22)27-7-4-24(27)19-38-20-34(12-2-3-23-16-26(36)6-8-28(23)34)21-44-30-9-5-25(17-29(30)38)35(42,33(40)41)18-32(37)39/h5-6,8-9,16-17,22,24,27,31,42H,2-4,7,10-15,18-21H2,1H3,(H,40,41)/t22-,24+,27-,31+,34+,35+/m1/s1. The lowest BCUT2D eigenvalue weighted by molar-refractivity contribution is -0.164. The molecule has 0 radical (unpaired) electrons. The maximum Gasteiger partial charge on any atom is 0.340 e. The largest absolute Gasteiger partial charge is 0.490 e. The summed E-state index contributed by atoms with van der Waals surface area (Å²) in [5.74, 6) is 0.219. The summed E-state index contributed by atoms with van der Waals surface area (Å²) in [6.45, 7) is 3.27. The van der Waals surface area contributed by atoms with Crippen molar-refractivity contribution in [2.45, 2.75) is 74.9 Å². The molecule has 9 heteroatoms. The van der Waals surface area contributed by atoms with Gasteiger partial charge in [0.1, 0.15) is 5.75 Å². The Morgan fingerprint density at radius 2 is 1.98 bits per heavy atom. The molecule has 236 valence electrons. The fourth-order valence-electron chi connectivity index (χ4n) is 8.58. The number of fused-ring (bicyclic) bond motifs is 7. The number of carboxylic acid groups (broad SMARTS) is 1.